The molecule has 1 aromatic rings. The van der Waals surface area contributed by atoms with Crippen LogP contribution in [0.25, 0.3) is 0 Å². The van der Waals surface area contributed by atoms with E-state index in [2.05, 4.69) is 39.2 Å². The third-order valence-electron chi connectivity index (χ3n) is 6.44. The number of anilines is 1. The molecule has 1 aliphatic rings. The Morgan fingerprint density at radius 2 is 1.82 bits per heavy atom. The molecule has 0 radical (unpaired) electrons. The van der Waals surface area contributed by atoms with Crippen molar-refractivity contribution in [3.05, 3.63) is 29.8 Å². The Balaban J connectivity index is 1.97. The monoisotopic (exact) mass is 494 g/mol. The van der Waals surface area contributed by atoms with Crippen LogP contribution in [0.5, 0.6) is 0 Å². The third kappa shape index (κ3) is 8.28. The Labute approximate surface area is 205 Å². The Morgan fingerprint density at radius 3 is 2.41 bits per heavy atom. The standard InChI is InChI=1S/C25H42N2O6Si/c1-24(2,3)33-22(28)26-21-12-10-9-11-18(21)13-14-20-15-27(23(29)30)19(16-31-20)17-32-34(7,8)25(4,5)6/h9-12,19-20H,13-17H2,1-8H3,(H,26,28)(H,29,30)/t19-,20+/m0/s1. The summed E-state index contributed by atoms with van der Waals surface area (Å²) in [7, 11) is -1.98. The molecule has 0 unspecified atom stereocenters. The van der Waals surface area contributed by atoms with Crippen LogP contribution in [0.3, 0.4) is 0 Å². The van der Waals surface area contributed by atoms with E-state index in [1.54, 1.807) is 0 Å². The van der Waals surface area contributed by atoms with Crippen LogP contribution in [-0.4, -0.2) is 68.0 Å². The van der Waals surface area contributed by atoms with Gasteiger partial charge in [-0.3, -0.25) is 10.2 Å². The van der Waals surface area contributed by atoms with Gasteiger partial charge in [0.2, 0.25) is 0 Å². The van der Waals surface area contributed by atoms with E-state index in [0.29, 0.717) is 38.3 Å². The number of aryl methyl sites for hydroxylation is 1. The first-order chi connectivity index (χ1) is 15.6. The molecule has 9 heteroatoms. The minimum Gasteiger partial charge on any atom is -0.465 e. The predicted octanol–water partition coefficient (Wildman–Crippen LogP) is 5.74. The highest BCUT2D eigenvalue weighted by Crippen LogP contribution is 2.37. The first kappa shape index (κ1) is 28.1. The molecular formula is C25H42N2O6Si. The number of benzene rings is 1. The van der Waals surface area contributed by atoms with E-state index in [1.165, 1.54) is 4.90 Å². The maximum atomic E-state index is 12.2. The summed E-state index contributed by atoms with van der Waals surface area (Å²) in [6, 6.07) is 7.23. The van der Waals surface area contributed by atoms with Crippen molar-refractivity contribution in [2.24, 2.45) is 0 Å². The molecule has 1 heterocycles. The summed E-state index contributed by atoms with van der Waals surface area (Å²) < 4.78 is 17.7. The summed E-state index contributed by atoms with van der Waals surface area (Å²) in [6.07, 6.45) is -0.420. The van der Waals surface area contributed by atoms with E-state index < -0.39 is 26.1 Å². The third-order valence-corrected chi connectivity index (χ3v) is 10.9. The summed E-state index contributed by atoms with van der Waals surface area (Å²) in [4.78, 5) is 25.6. The number of amides is 2. The Kier molecular flexibility index (Phi) is 9.18. The molecule has 0 bridgehead atoms. The minimum atomic E-state index is -1.98. The van der Waals surface area contributed by atoms with Crippen LogP contribution < -0.4 is 5.32 Å². The molecule has 0 aromatic heterocycles. The fourth-order valence-electron chi connectivity index (χ4n) is 3.42. The molecule has 1 saturated heterocycles. The van der Waals surface area contributed by atoms with Crippen molar-refractivity contribution in [3.8, 4) is 0 Å². The molecule has 192 valence electrons. The normalized spacial score (nSPS) is 19.6. The Hall–Kier alpha value is -2.10. The SMILES string of the molecule is CC(C)(C)OC(=O)Nc1ccccc1CC[C@@H]1CN(C(=O)O)[C@H](CO[Si](C)(C)C(C)(C)C)CO1. The molecule has 1 aromatic carbocycles. The number of hydrogen-bond acceptors (Lipinski definition) is 5. The second-order valence-electron chi connectivity index (χ2n) is 11.4. The number of ether oxygens (including phenoxy) is 2. The quantitative estimate of drug-likeness (QED) is 0.470. The highest BCUT2D eigenvalue weighted by molar-refractivity contribution is 6.74. The second kappa shape index (κ2) is 11.1. The fraction of sp³-hybridized carbons (Fsp3) is 0.680. The van der Waals surface area contributed by atoms with Gasteiger partial charge in [-0.05, 0) is 63.4 Å². The van der Waals surface area contributed by atoms with Crippen LogP contribution in [-0.2, 0) is 20.3 Å². The first-order valence-electron chi connectivity index (χ1n) is 11.9. The van der Waals surface area contributed by atoms with Crippen LogP contribution in [0, 0.1) is 0 Å². The lowest BCUT2D eigenvalue weighted by atomic mass is 10.0. The van der Waals surface area contributed by atoms with Crippen LogP contribution in [0.15, 0.2) is 24.3 Å². The van der Waals surface area contributed by atoms with E-state index in [9.17, 15) is 14.7 Å². The molecule has 8 nitrogen and oxygen atoms in total. The maximum absolute atomic E-state index is 12.2. The summed E-state index contributed by atoms with van der Waals surface area (Å²) in [5, 5.41) is 12.7. The molecule has 34 heavy (non-hydrogen) atoms. The van der Waals surface area contributed by atoms with Crippen molar-refractivity contribution in [2.75, 3.05) is 25.1 Å². The van der Waals surface area contributed by atoms with Crippen LogP contribution in [0.1, 0.15) is 53.5 Å². The van der Waals surface area contributed by atoms with Crippen molar-refractivity contribution in [3.63, 3.8) is 0 Å². The Bertz CT molecular complexity index is 847. The lowest BCUT2D eigenvalue weighted by Crippen LogP contribution is -2.55. The Morgan fingerprint density at radius 1 is 1.18 bits per heavy atom. The lowest BCUT2D eigenvalue weighted by molar-refractivity contribution is -0.0671. The molecule has 2 N–H and O–H groups in total. The number of nitrogens with one attached hydrogen (secondary N) is 1. The molecule has 1 aliphatic heterocycles. The van der Waals surface area contributed by atoms with Gasteiger partial charge in [-0.25, -0.2) is 9.59 Å². The van der Waals surface area contributed by atoms with Gasteiger partial charge in [-0.1, -0.05) is 39.0 Å². The summed E-state index contributed by atoms with van der Waals surface area (Å²) in [5.74, 6) is 0. The number of hydrogen-bond donors (Lipinski definition) is 2. The number of rotatable bonds is 7. The molecule has 0 spiro atoms. The molecule has 1 fully saturated rings. The zero-order valence-electron chi connectivity index (χ0n) is 21.9. The van der Waals surface area contributed by atoms with E-state index in [0.717, 1.165) is 5.56 Å². The second-order valence-corrected chi connectivity index (χ2v) is 16.2. The maximum Gasteiger partial charge on any atom is 0.412 e. The number of para-hydroxylation sites is 1. The average molecular weight is 495 g/mol. The van der Waals surface area contributed by atoms with E-state index in [-0.39, 0.29) is 17.2 Å². The van der Waals surface area contributed by atoms with Crippen molar-refractivity contribution in [2.45, 2.75) is 90.3 Å². The molecule has 2 rings (SSSR count). The summed E-state index contributed by atoms with van der Waals surface area (Å²) in [5.41, 5.74) is 1.05. The van der Waals surface area contributed by atoms with Gasteiger partial charge < -0.3 is 19.0 Å². The summed E-state index contributed by atoms with van der Waals surface area (Å²) in [6.45, 7) is 17.2. The highest BCUT2D eigenvalue weighted by atomic mass is 28.4. The van der Waals surface area contributed by atoms with E-state index in [1.807, 2.05) is 45.0 Å². The number of morpholine rings is 1. The van der Waals surface area contributed by atoms with Gasteiger partial charge in [0.25, 0.3) is 0 Å². The first-order valence-corrected chi connectivity index (χ1v) is 14.8. The number of carbonyl (C=O) groups is 2. The van der Waals surface area contributed by atoms with E-state index in [4.69, 9.17) is 13.9 Å². The molecule has 0 saturated carbocycles. The van der Waals surface area contributed by atoms with Crippen LogP contribution >= 0.6 is 0 Å². The number of carboxylic acid groups (broad SMARTS) is 1. The van der Waals surface area contributed by atoms with Gasteiger partial charge in [-0.2, -0.15) is 0 Å². The predicted molar refractivity (Wildman–Crippen MR) is 136 cm³/mol. The summed E-state index contributed by atoms with van der Waals surface area (Å²) >= 11 is 0. The zero-order chi connectivity index (χ0) is 25.7. The zero-order valence-corrected chi connectivity index (χ0v) is 22.9. The van der Waals surface area contributed by atoms with Gasteiger partial charge in [-0.15, -0.1) is 0 Å². The number of carbonyl (C=O) groups excluding carboxylic acids is 1. The van der Waals surface area contributed by atoms with Crippen molar-refractivity contribution in [1.82, 2.24) is 4.90 Å². The van der Waals surface area contributed by atoms with Gasteiger partial charge in [0.15, 0.2) is 8.32 Å². The van der Waals surface area contributed by atoms with Gasteiger partial charge >= 0.3 is 12.2 Å². The van der Waals surface area contributed by atoms with Gasteiger partial charge in [0.1, 0.15) is 5.60 Å². The molecule has 2 atom stereocenters. The lowest BCUT2D eigenvalue weighted by Gasteiger charge is -2.41. The van der Waals surface area contributed by atoms with E-state index >= 15 is 0 Å². The molecule has 0 aliphatic carbocycles. The van der Waals surface area contributed by atoms with Crippen molar-refractivity contribution in [1.29, 1.82) is 0 Å². The van der Waals surface area contributed by atoms with Crippen molar-refractivity contribution >= 4 is 26.2 Å². The van der Waals surface area contributed by atoms with Gasteiger partial charge in [0.05, 0.1) is 31.9 Å². The average Bonchev–Trinajstić information content (AvgIpc) is 2.69. The number of nitrogens with zero attached hydrogens (tertiary/aromatic N) is 1. The largest absolute Gasteiger partial charge is 0.465 e. The topological polar surface area (TPSA) is 97.3 Å². The fourth-order valence-corrected chi connectivity index (χ4v) is 4.46. The molecule has 2 amide bonds. The van der Waals surface area contributed by atoms with Crippen molar-refractivity contribution < 1.29 is 28.6 Å². The highest BCUT2D eigenvalue weighted by Gasteiger charge is 2.39. The smallest absolute Gasteiger partial charge is 0.412 e. The van der Waals surface area contributed by atoms with Crippen LogP contribution in [0.2, 0.25) is 18.1 Å². The molecular weight excluding hydrogens is 452 g/mol. The van der Waals surface area contributed by atoms with Crippen LogP contribution in [0.4, 0.5) is 15.3 Å². The van der Waals surface area contributed by atoms with Gasteiger partial charge in [0, 0.05) is 5.69 Å². The minimum absolute atomic E-state index is 0.0554.